The van der Waals surface area contributed by atoms with Crippen LogP contribution in [0.25, 0.3) is 33.1 Å². The smallest absolute Gasteiger partial charge is 0.137 e. The van der Waals surface area contributed by atoms with Crippen LogP contribution in [0.5, 0.6) is 0 Å². The van der Waals surface area contributed by atoms with Crippen molar-refractivity contribution in [2.24, 2.45) is 0 Å². The number of nitrogens with zero attached hydrogens (tertiary/aromatic N) is 4. The molecule has 12 heteroatoms. The Bertz CT molecular complexity index is 1780. The minimum atomic E-state index is -0.734. The van der Waals surface area contributed by atoms with E-state index in [4.69, 9.17) is 39.5 Å². The zero-order chi connectivity index (χ0) is 29.4. The standard InChI is InChI=1S/C19H16ClF2N3O.C10H5Cl2F2N/c1-11-18(20)17-14(22)8-13(21)9-15(17)24-19(11)12-2-3-16(23-10-12)25-4-6-26-7-5-25;1-4-9(11)8-6(14)2-5(13)3-7(8)15-10(4)12/h2-3,8-10H,4-7H2,1H3;2-3H,1H3. The predicted molar refractivity (Wildman–Crippen MR) is 154 cm³/mol. The van der Waals surface area contributed by atoms with Crippen LogP contribution in [-0.2, 0) is 4.74 Å². The fraction of sp³-hybridized carbons (Fsp3) is 0.207. The van der Waals surface area contributed by atoms with Gasteiger partial charge in [0.15, 0.2) is 0 Å². The molecule has 0 aliphatic carbocycles. The van der Waals surface area contributed by atoms with Crippen molar-refractivity contribution >= 4 is 62.4 Å². The number of fused-ring (bicyclic) bond motifs is 2. The van der Waals surface area contributed by atoms with Gasteiger partial charge in [0, 0.05) is 54.7 Å². The number of anilines is 1. The first-order chi connectivity index (χ1) is 19.5. The molecule has 1 fully saturated rings. The number of hydrogen-bond donors (Lipinski definition) is 0. The molecule has 212 valence electrons. The van der Waals surface area contributed by atoms with Crippen molar-refractivity contribution in [2.45, 2.75) is 13.8 Å². The van der Waals surface area contributed by atoms with Crippen LogP contribution in [0.15, 0.2) is 42.6 Å². The number of hydrogen-bond acceptors (Lipinski definition) is 5. The molecule has 1 aliphatic heterocycles. The van der Waals surface area contributed by atoms with Crippen LogP contribution < -0.4 is 4.90 Å². The van der Waals surface area contributed by atoms with E-state index in [0.29, 0.717) is 30.0 Å². The van der Waals surface area contributed by atoms with Gasteiger partial charge in [-0.15, -0.1) is 0 Å². The van der Waals surface area contributed by atoms with Crippen molar-refractivity contribution in [3.05, 3.63) is 92.2 Å². The maximum absolute atomic E-state index is 14.1. The van der Waals surface area contributed by atoms with Gasteiger partial charge in [0.2, 0.25) is 0 Å². The Kier molecular flexibility index (Phi) is 8.52. The number of morpholine rings is 1. The Morgan fingerprint density at radius 2 is 1.32 bits per heavy atom. The van der Waals surface area contributed by atoms with Crippen LogP contribution in [0.3, 0.4) is 0 Å². The van der Waals surface area contributed by atoms with E-state index in [-0.39, 0.29) is 37.0 Å². The fourth-order valence-electron chi connectivity index (χ4n) is 4.48. The molecule has 0 N–H and O–H groups in total. The van der Waals surface area contributed by atoms with Gasteiger partial charge in [-0.2, -0.15) is 0 Å². The molecule has 0 spiro atoms. The quantitative estimate of drug-likeness (QED) is 0.146. The van der Waals surface area contributed by atoms with Crippen molar-refractivity contribution in [3.8, 4) is 11.3 Å². The van der Waals surface area contributed by atoms with Crippen LogP contribution in [-0.4, -0.2) is 41.3 Å². The van der Waals surface area contributed by atoms with E-state index in [1.807, 2.05) is 12.1 Å². The molecule has 0 atom stereocenters. The summed E-state index contributed by atoms with van der Waals surface area (Å²) in [5, 5.41) is 0.784. The molecule has 5 nitrogen and oxygen atoms in total. The SMILES string of the molecule is Cc1c(-c2ccc(N3CCOCC3)nc2)nc2cc(F)cc(F)c2c1Cl.Cc1c(Cl)nc2cc(F)cc(F)c2c1Cl. The molecule has 0 bridgehead atoms. The maximum Gasteiger partial charge on any atom is 0.137 e. The van der Waals surface area contributed by atoms with E-state index in [1.54, 1.807) is 20.0 Å². The van der Waals surface area contributed by atoms with E-state index in [0.717, 1.165) is 42.7 Å². The molecular formula is C29H21Cl3F4N4O. The normalized spacial score (nSPS) is 13.4. The summed E-state index contributed by atoms with van der Waals surface area (Å²) in [6.45, 7) is 6.35. The van der Waals surface area contributed by atoms with E-state index in [1.165, 1.54) is 6.07 Å². The number of aromatic nitrogens is 3. The molecule has 5 aromatic rings. The molecule has 3 aromatic heterocycles. The van der Waals surface area contributed by atoms with Gasteiger partial charge < -0.3 is 9.64 Å². The number of halogens is 7. The second-order valence-corrected chi connectivity index (χ2v) is 10.4. The van der Waals surface area contributed by atoms with Crippen LogP contribution in [0, 0.1) is 37.1 Å². The number of ether oxygens (including phenoxy) is 1. The molecule has 1 aliphatic rings. The summed E-state index contributed by atoms with van der Waals surface area (Å²) in [7, 11) is 0. The average molecular weight is 624 g/mol. The van der Waals surface area contributed by atoms with Gasteiger partial charge in [-0.1, -0.05) is 34.8 Å². The minimum absolute atomic E-state index is 0.0972. The van der Waals surface area contributed by atoms with Crippen molar-refractivity contribution in [1.82, 2.24) is 15.0 Å². The lowest BCUT2D eigenvalue weighted by atomic mass is 10.0. The molecular weight excluding hydrogens is 603 g/mol. The Balaban J connectivity index is 0.000000191. The second-order valence-electron chi connectivity index (χ2n) is 9.31. The summed E-state index contributed by atoms with van der Waals surface area (Å²) in [5.41, 5.74) is 2.72. The summed E-state index contributed by atoms with van der Waals surface area (Å²) in [4.78, 5) is 14.9. The van der Waals surface area contributed by atoms with Gasteiger partial charge in [0.1, 0.15) is 34.2 Å². The fourth-order valence-corrected chi connectivity index (χ4v) is 5.27. The average Bonchev–Trinajstić information content (AvgIpc) is 2.94. The Morgan fingerprint density at radius 1 is 0.756 bits per heavy atom. The third kappa shape index (κ3) is 5.90. The summed E-state index contributed by atoms with van der Waals surface area (Å²) in [6.07, 6.45) is 1.71. The van der Waals surface area contributed by atoms with Gasteiger partial charge in [-0.05, 0) is 31.5 Å². The third-order valence-corrected chi connectivity index (χ3v) is 7.95. The third-order valence-electron chi connectivity index (χ3n) is 6.64. The van der Waals surface area contributed by atoms with Crippen molar-refractivity contribution in [2.75, 3.05) is 31.2 Å². The Morgan fingerprint density at radius 3 is 1.88 bits per heavy atom. The number of benzene rings is 2. The first kappa shape index (κ1) is 29.3. The molecule has 1 saturated heterocycles. The Hall–Kier alpha value is -3.24. The lowest BCUT2D eigenvalue weighted by Gasteiger charge is -2.27. The van der Waals surface area contributed by atoms with E-state index in [9.17, 15) is 17.6 Å². The Labute approximate surface area is 247 Å². The molecule has 6 rings (SSSR count). The summed E-state index contributed by atoms with van der Waals surface area (Å²) in [6, 6.07) is 7.66. The largest absolute Gasteiger partial charge is 0.378 e. The van der Waals surface area contributed by atoms with E-state index in [2.05, 4.69) is 19.9 Å². The molecule has 0 amide bonds. The highest BCUT2D eigenvalue weighted by Gasteiger charge is 2.18. The van der Waals surface area contributed by atoms with Crippen molar-refractivity contribution in [3.63, 3.8) is 0 Å². The summed E-state index contributed by atoms with van der Waals surface area (Å²) < 4.78 is 59.3. The first-order valence-electron chi connectivity index (χ1n) is 12.4. The number of pyridine rings is 3. The molecule has 0 unspecified atom stereocenters. The summed E-state index contributed by atoms with van der Waals surface area (Å²) >= 11 is 18.0. The molecule has 2 aromatic carbocycles. The maximum atomic E-state index is 14.1. The van der Waals surface area contributed by atoms with Gasteiger partial charge in [-0.25, -0.2) is 32.5 Å². The molecule has 41 heavy (non-hydrogen) atoms. The molecule has 0 radical (unpaired) electrons. The molecule has 4 heterocycles. The van der Waals surface area contributed by atoms with Crippen LogP contribution in [0.1, 0.15) is 11.1 Å². The van der Waals surface area contributed by atoms with Gasteiger partial charge in [-0.3, -0.25) is 0 Å². The molecule has 0 saturated carbocycles. The van der Waals surface area contributed by atoms with Crippen molar-refractivity contribution < 1.29 is 22.3 Å². The van der Waals surface area contributed by atoms with Crippen LogP contribution in [0.4, 0.5) is 23.4 Å². The minimum Gasteiger partial charge on any atom is -0.378 e. The highest BCUT2D eigenvalue weighted by Crippen LogP contribution is 2.35. The topological polar surface area (TPSA) is 51.1 Å². The highest BCUT2D eigenvalue weighted by atomic mass is 35.5. The number of rotatable bonds is 2. The highest BCUT2D eigenvalue weighted by molar-refractivity contribution is 6.39. The lowest BCUT2D eigenvalue weighted by Crippen LogP contribution is -2.36. The summed E-state index contributed by atoms with van der Waals surface area (Å²) in [5.74, 6) is -1.98. The van der Waals surface area contributed by atoms with Gasteiger partial charge in [0.05, 0.1) is 50.8 Å². The van der Waals surface area contributed by atoms with Crippen molar-refractivity contribution in [1.29, 1.82) is 0 Å². The second kappa shape index (κ2) is 11.9. The zero-order valence-corrected chi connectivity index (χ0v) is 24.0. The van der Waals surface area contributed by atoms with E-state index >= 15 is 0 Å². The lowest BCUT2D eigenvalue weighted by molar-refractivity contribution is 0.122. The zero-order valence-electron chi connectivity index (χ0n) is 21.7. The van der Waals surface area contributed by atoms with Crippen LogP contribution >= 0.6 is 34.8 Å². The van der Waals surface area contributed by atoms with Gasteiger partial charge >= 0.3 is 0 Å². The van der Waals surface area contributed by atoms with Crippen LogP contribution in [0.2, 0.25) is 15.2 Å². The first-order valence-corrected chi connectivity index (χ1v) is 13.5. The predicted octanol–water partition coefficient (Wildman–Crippen LogP) is 8.50. The van der Waals surface area contributed by atoms with E-state index < -0.39 is 23.3 Å². The monoisotopic (exact) mass is 622 g/mol. The van der Waals surface area contributed by atoms with Gasteiger partial charge in [0.25, 0.3) is 0 Å².